The Hall–Kier alpha value is -4.00. The van der Waals surface area contributed by atoms with Crippen LogP contribution in [0.15, 0.2) is 108 Å². The average molecular weight is 454 g/mol. The first-order valence-electron chi connectivity index (χ1n) is 11.1. The number of halogens is 1. The molecule has 172 valence electrons. The van der Waals surface area contributed by atoms with E-state index in [1.165, 1.54) is 23.3 Å². The Morgan fingerprint density at radius 1 is 0.706 bits per heavy atom. The van der Waals surface area contributed by atoms with E-state index in [1.54, 1.807) is 0 Å². The number of nitrogens with zero attached hydrogens (tertiary/aromatic N) is 2. The van der Waals surface area contributed by atoms with Gasteiger partial charge in [0.2, 0.25) is 0 Å². The van der Waals surface area contributed by atoms with Crippen LogP contribution in [0.2, 0.25) is 0 Å². The van der Waals surface area contributed by atoms with Crippen molar-refractivity contribution in [2.45, 2.75) is 19.6 Å². The zero-order chi connectivity index (χ0) is 23.8. The fourth-order valence-corrected chi connectivity index (χ4v) is 3.99. The van der Waals surface area contributed by atoms with Gasteiger partial charge in [0.15, 0.2) is 5.84 Å². The first-order chi connectivity index (χ1) is 16.6. The summed E-state index contributed by atoms with van der Waals surface area (Å²) in [5.74, 6) is 5.41. The highest BCUT2D eigenvalue weighted by Crippen LogP contribution is 2.25. The molecule has 4 rings (SSSR count). The minimum atomic E-state index is -0.220. The van der Waals surface area contributed by atoms with E-state index in [4.69, 9.17) is 11.6 Å². The van der Waals surface area contributed by atoms with E-state index in [0.717, 1.165) is 41.9 Å². The lowest BCUT2D eigenvalue weighted by Gasteiger charge is -2.23. The number of hydrazone groups is 1. The van der Waals surface area contributed by atoms with Crippen molar-refractivity contribution in [1.82, 2.24) is 10.4 Å². The van der Waals surface area contributed by atoms with Gasteiger partial charge in [-0.15, -0.1) is 5.10 Å². The average Bonchev–Trinajstić information content (AvgIpc) is 2.87. The largest absolute Gasteiger partial charge is 0.382 e. The molecule has 5 nitrogen and oxygen atoms in total. The molecule has 0 fully saturated rings. The predicted molar refractivity (Wildman–Crippen MR) is 136 cm³/mol. The van der Waals surface area contributed by atoms with Crippen LogP contribution in [0, 0.1) is 5.82 Å². The standard InChI is InChI=1S/C28H28FN5/c29-25-16-12-23(13-17-25)20-34(18-21-6-2-1-3-7-21)19-22-10-14-24(15-11-22)26-8-4-5-9-27(26)28(30)32-33-31/h1-17,33H,18-20,31H2,(H2,30,32). The maximum absolute atomic E-state index is 13.4. The van der Waals surface area contributed by atoms with Crippen LogP contribution >= 0.6 is 0 Å². The van der Waals surface area contributed by atoms with Gasteiger partial charge in [-0.1, -0.05) is 91.0 Å². The summed E-state index contributed by atoms with van der Waals surface area (Å²) in [4.78, 5) is 2.35. The Balaban J connectivity index is 1.55. The number of hydrogen-bond acceptors (Lipinski definition) is 4. The van der Waals surface area contributed by atoms with Crippen molar-refractivity contribution in [3.05, 3.63) is 131 Å². The molecule has 0 radical (unpaired) electrons. The van der Waals surface area contributed by atoms with Gasteiger partial charge < -0.3 is 5.73 Å². The molecular weight excluding hydrogens is 425 g/mol. The van der Waals surface area contributed by atoms with Gasteiger partial charge in [-0.2, -0.15) is 0 Å². The Bertz CT molecular complexity index is 1220. The molecule has 0 spiro atoms. The van der Waals surface area contributed by atoms with Gasteiger partial charge in [0.05, 0.1) is 0 Å². The summed E-state index contributed by atoms with van der Waals surface area (Å²) in [6.07, 6.45) is 0. The van der Waals surface area contributed by atoms with Crippen molar-refractivity contribution < 1.29 is 4.39 Å². The van der Waals surface area contributed by atoms with E-state index in [9.17, 15) is 4.39 Å². The molecule has 0 heterocycles. The van der Waals surface area contributed by atoms with Crippen LogP contribution in [-0.4, -0.2) is 10.7 Å². The second kappa shape index (κ2) is 11.2. The number of rotatable bonds is 9. The minimum Gasteiger partial charge on any atom is -0.382 e. The van der Waals surface area contributed by atoms with Crippen molar-refractivity contribution in [2.24, 2.45) is 16.7 Å². The second-order valence-corrected chi connectivity index (χ2v) is 8.13. The van der Waals surface area contributed by atoms with Crippen LogP contribution < -0.4 is 17.1 Å². The molecule has 0 bridgehead atoms. The molecule has 0 unspecified atom stereocenters. The third kappa shape index (κ3) is 6.07. The van der Waals surface area contributed by atoms with Crippen molar-refractivity contribution in [2.75, 3.05) is 0 Å². The SMILES string of the molecule is NN/N=C(\N)c1ccccc1-c1ccc(CN(Cc2ccccc2)Cc2ccc(F)cc2)cc1. The lowest BCUT2D eigenvalue weighted by Crippen LogP contribution is -2.23. The quantitative estimate of drug-likeness (QED) is 0.148. The summed E-state index contributed by atoms with van der Waals surface area (Å²) < 4.78 is 13.4. The molecule has 0 aliphatic heterocycles. The van der Waals surface area contributed by atoms with Crippen LogP contribution in [-0.2, 0) is 19.6 Å². The Morgan fingerprint density at radius 3 is 1.85 bits per heavy atom. The summed E-state index contributed by atoms with van der Waals surface area (Å²) >= 11 is 0. The van der Waals surface area contributed by atoms with Gasteiger partial charge in [-0.25, -0.2) is 15.8 Å². The number of nitrogens with one attached hydrogen (secondary N) is 1. The lowest BCUT2D eigenvalue weighted by atomic mass is 9.98. The molecule has 4 aromatic carbocycles. The summed E-state index contributed by atoms with van der Waals surface area (Å²) in [5.41, 5.74) is 14.7. The summed E-state index contributed by atoms with van der Waals surface area (Å²) in [7, 11) is 0. The highest BCUT2D eigenvalue weighted by atomic mass is 19.1. The normalized spacial score (nSPS) is 11.6. The minimum absolute atomic E-state index is 0.220. The van der Waals surface area contributed by atoms with Crippen molar-refractivity contribution in [3.8, 4) is 11.1 Å². The summed E-state index contributed by atoms with van der Waals surface area (Å²) in [6.45, 7) is 2.27. The number of hydrogen-bond donors (Lipinski definition) is 3. The molecule has 6 heteroatoms. The van der Waals surface area contributed by atoms with Crippen molar-refractivity contribution in [3.63, 3.8) is 0 Å². The third-order valence-electron chi connectivity index (χ3n) is 5.63. The Labute approximate surface area is 199 Å². The van der Waals surface area contributed by atoms with E-state index < -0.39 is 0 Å². The fourth-order valence-electron chi connectivity index (χ4n) is 3.99. The molecule has 0 aliphatic carbocycles. The maximum Gasteiger partial charge on any atom is 0.152 e. The van der Waals surface area contributed by atoms with Gasteiger partial charge in [0, 0.05) is 25.2 Å². The highest BCUT2D eigenvalue weighted by Gasteiger charge is 2.11. The van der Waals surface area contributed by atoms with Gasteiger partial charge in [-0.05, 0) is 39.9 Å². The number of amidine groups is 1. The molecule has 0 amide bonds. The van der Waals surface area contributed by atoms with Crippen molar-refractivity contribution in [1.29, 1.82) is 0 Å². The van der Waals surface area contributed by atoms with Crippen LogP contribution in [0.25, 0.3) is 11.1 Å². The van der Waals surface area contributed by atoms with Crippen LogP contribution in [0.1, 0.15) is 22.3 Å². The molecular formula is C28H28FN5. The summed E-state index contributed by atoms with van der Waals surface area (Å²) in [5, 5.41) is 3.92. The van der Waals surface area contributed by atoms with Crippen LogP contribution in [0.5, 0.6) is 0 Å². The van der Waals surface area contributed by atoms with Gasteiger partial charge in [0.25, 0.3) is 0 Å². The van der Waals surface area contributed by atoms with E-state index in [-0.39, 0.29) is 5.82 Å². The predicted octanol–water partition coefficient (Wildman–Crippen LogP) is 4.78. The molecule has 5 N–H and O–H groups in total. The van der Waals surface area contributed by atoms with Crippen LogP contribution in [0.4, 0.5) is 4.39 Å². The molecule has 0 saturated carbocycles. The molecule has 0 aromatic heterocycles. The zero-order valence-corrected chi connectivity index (χ0v) is 18.9. The number of hydrazine groups is 1. The molecule has 34 heavy (non-hydrogen) atoms. The second-order valence-electron chi connectivity index (χ2n) is 8.13. The number of nitrogens with two attached hydrogens (primary N) is 2. The van der Waals surface area contributed by atoms with Gasteiger partial charge in [-0.3, -0.25) is 4.90 Å². The molecule has 0 aliphatic rings. The lowest BCUT2D eigenvalue weighted by molar-refractivity contribution is 0.247. The van der Waals surface area contributed by atoms with Crippen molar-refractivity contribution >= 4 is 5.84 Å². The topological polar surface area (TPSA) is 79.7 Å². The monoisotopic (exact) mass is 453 g/mol. The summed E-state index contributed by atoms with van der Waals surface area (Å²) in [6, 6.07) is 33.3. The smallest absolute Gasteiger partial charge is 0.152 e. The Kier molecular flexibility index (Phi) is 7.65. The maximum atomic E-state index is 13.4. The first-order valence-corrected chi connectivity index (χ1v) is 11.1. The van der Waals surface area contributed by atoms with E-state index in [1.807, 2.05) is 54.6 Å². The zero-order valence-electron chi connectivity index (χ0n) is 18.9. The number of benzene rings is 4. The Morgan fingerprint density at radius 2 is 1.24 bits per heavy atom. The third-order valence-corrected chi connectivity index (χ3v) is 5.63. The first kappa shape index (κ1) is 23.2. The molecule has 4 aromatic rings. The fraction of sp³-hybridized carbons (Fsp3) is 0.107. The van der Waals surface area contributed by atoms with Gasteiger partial charge in [0.1, 0.15) is 5.82 Å². The molecule has 0 atom stereocenters. The molecule has 0 saturated heterocycles. The van der Waals surface area contributed by atoms with Gasteiger partial charge >= 0.3 is 0 Å². The van der Waals surface area contributed by atoms with E-state index >= 15 is 0 Å². The highest BCUT2D eigenvalue weighted by molar-refractivity contribution is 6.03. The van der Waals surface area contributed by atoms with Crippen LogP contribution in [0.3, 0.4) is 0 Å². The van der Waals surface area contributed by atoms with E-state index in [0.29, 0.717) is 5.84 Å². The van der Waals surface area contributed by atoms with E-state index in [2.05, 4.69) is 51.9 Å².